The van der Waals surface area contributed by atoms with E-state index in [0.717, 1.165) is 17.7 Å². The van der Waals surface area contributed by atoms with Crippen molar-refractivity contribution >= 4 is 17.5 Å². The summed E-state index contributed by atoms with van der Waals surface area (Å²) in [6.45, 7) is 0.616. The van der Waals surface area contributed by atoms with E-state index in [9.17, 15) is 18.0 Å². The van der Waals surface area contributed by atoms with Crippen molar-refractivity contribution in [1.29, 1.82) is 0 Å². The molecule has 7 heteroatoms. The lowest BCUT2D eigenvalue weighted by atomic mass is 9.98. The van der Waals surface area contributed by atoms with E-state index in [0.29, 0.717) is 29.8 Å². The molecule has 0 saturated carbocycles. The molecule has 2 aromatic carbocycles. The molecule has 1 heterocycles. The molecule has 132 valence electrons. The van der Waals surface area contributed by atoms with E-state index in [1.54, 1.807) is 30.1 Å². The van der Waals surface area contributed by atoms with Crippen LogP contribution in [-0.4, -0.2) is 24.4 Å². The molecule has 0 spiro atoms. The Morgan fingerprint density at radius 3 is 2.68 bits per heavy atom. The van der Waals surface area contributed by atoms with Crippen molar-refractivity contribution in [3.63, 3.8) is 0 Å². The number of halogens is 4. The zero-order valence-electron chi connectivity index (χ0n) is 13.4. The second-order valence-corrected chi connectivity index (χ2v) is 6.26. The third kappa shape index (κ3) is 3.58. The number of ether oxygens (including phenoxy) is 1. The molecule has 0 unspecified atom stereocenters. The highest BCUT2D eigenvalue weighted by atomic mass is 35.5. The van der Waals surface area contributed by atoms with E-state index in [-0.39, 0.29) is 17.5 Å². The van der Waals surface area contributed by atoms with Crippen molar-refractivity contribution in [2.24, 2.45) is 0 Å². The lowest BCUT2D eigenvalue weighted by molar-refractivity contribution is -0.137. The van der Waals surface area contributed by atoms with Gasteiger partial charge in [-0.15, -0.1) is 0 Å². The van der Waals surface area contributed by atoms with Crippen LogP contribution in [0.1, 0.15) is 27.0 Å². The zero-order valence-corrected chi connectivity index (χ0v) is 14.1. The third-order valence-corrected chi connectivity index (χ3v) is 4.52. The summed E-state index contributed by atoms with van der Waals surface area (Å²) in [7, 11) is 1.74. The van der Waals surface area contributed by atoms with Crippen LogP contribution >= 0.6 is 11.6 Å². The van der Waals surface area contributed by atoms with Crippen LogP contribution in [0.15, 0.2) is 36.4 Å². The molecule has 2 aromatic rings. The van der Waals surface area contributed by atoms with Crippen LogP contribution in [0.3, 0.4) is 0 Å². The summed E-state index contributed by atoms with van der Waals surface area (Å²) in [4.78, 5) is 13.8. The van der Waals surface area contributed by atoms with Crippen molar-refractivity contribution in [2.75, 3.05) is 13.6 Å². The number of fused-ring (bicyclic) bond motifs is 1. The quantitative estimate of drug-likeness (QED) is 0.793. The predicted molar refractivity (Wildman–Crippen MR) is 87.9 cm³/mol. The molecule has 0 aromatic heterocycles. The maximum atomic E-state index is 12.7. The van der Waals surface area contributed by atoms with Crippen molar-refractivity contribution < 1.29 is 22.7 Å². The molecule has 0 N–H and O–H groups in total. The molecule has 0 fully saturated rings. The van der Waals surface area contributed by atoms with Gasteiger partial charge >= 0.3 is 6.18 Å². The van der Waals surface area contributed by atoms with E-state index < -0.39 is 11.7 Å². The number of alkyl halides is 3. The highest BCUT2D eigenvalue weighted by Crippen LogP contribution is 2.33. The van der Waals surface area contributed by atoms with Crippen LogP contribution in [0.25, 0.3) is 0 Å². The zero-order chi connectivity index (χ0) is 18.2. The van der Waals surface area contributed by atoms with Crippen LogP contribution in [0.2, 0.25) is 5.02 Å². The monoisotopic (exact) mass is 369 g/mol. The Bertz CT molecular complexity index is 820. The smallest absolute Gasteiger partial charge is 0.416 e. The van der Waals surface area contributed by atoms with Gasteiger partial charge < -0.3 is 9.64 Å². The molecular formula is C18H15ClF3NO2. The molecule has 3 rings (SSSR count). The van der Waals surface area contributed by atoms with Crippen molar-refractivity contribution in [2.45, 2.75) is 19.2 Å². The van der Waals surface area contributed by atoms with Crippen LogP contribution in [0.5, 0.6) is 5.75 Å². The summed E-state index contributed by atoms with van der Waals surface area (Å²) >= 11 is 5.95. The SMILES string of the molecule is CN1CCc2c(OCc3ccc(C(F)(F)F)cc3Cl)cccc2C1=O. The molecule has 0 radical (unpaired) electrons. The molecular weight excluding hydrogens is 355 g/mol. The predicted octanol–water partition coefficient (Wildman–Crippen LogP) is 4.57. The Hall–Kier alpha value is -2.21. The van der Waals surface area contributed by atoms with Crippen LogP contribution in [0, 0.1) is 0 Å². The number of hydrogen-bond acceptors (Lipinski definition) is 2. The van der Waals surface area contributed by atoms with Crippen molar-refractivity contribution in [3.05, 3.63) is 63.7 Å². The molecule has 1 amide bonds. The summed E-state index contributed by atoms with van der Waals surface area (Å²) < 4.78 is 43.8. The number of benzene rings is 2. The minimum absolute atomic E-state index is 0.00423. The fraction of sp³-hybridized carbons (Fsp3) is 0.278. The third-order valence-electron chi connectivity index (χ3n) is 4.17. The van der Waals surface area contributed by atoms with Crippen molar-refractivity contribution in [3.8, 4) is 5.75 Å². The summed E-state index contributed by atoms with van der Waals surface area (Å²) in [6.07, 6.45) is -3.78. The van der Waals surface area contributed by atoms with Gasteiger partial charge in [0.1, 0.15) is 12.4 Å². The summed E-state index contributed by atoms with van der Waals surface area (Å²) in [5.74, 6) is 0.481. The average molecular weight is 370 g/mol. The molecule has 0 saturated heterocycles. The van der Waals surface area contributed by atoms with Gasteiger partial charge in [-0.1, -0.05) is 23.7 Å². The molecule has 0 atom stereocenters. The first kappa shape index (κ1) is 17.6. The number of likely N-dealkylation sites (N-methyl/N-ethyl adjacent to an activating group) is 1. The van der Waals surface area contributed by atoms with Gasteiger partial charge in [0, 0.05) is 35.3 Å². The van der Waals surface area contributed by atoms with E-state index in [1.807, 2.05) is 0 Å². The van der Waals surface area contributed by atoms with Gasteiger partial charge in [0.2, 0.25) is 0 Å². The van der Waals surface area contributed by atoms with E-state index >= 15 is 0 Å². The van der Waals surface area contributed by atoms with Crippen LogP contribution in [0.4, 0.5) is 13.2 Å². The van der Waals surface area contributed by atoms with Gasteiger partial charge in [-0.3, -0.25) is 4.79 Å². The summed E-state index contributed by atoms with van der Waals surface area (Å²) in [6, 6.07) is 8.38. The van der Waals surface area contributed by atoms with E-state index in [2.05, 4.69) is 0 Å². The minimum atomic E-state index is -4.44. The minimum Gasteiger partial charge on any atom is -0.489 e. The van der Waals surface area contributed by atoms with Gasteiger partial charge in [-0.05, 0) is 30.7 Å². The largest absolute Gasteiger partial charge is 0.489 e. The topological polar surface area (TPSA) is 29.5 Å². The molecule has 1 aliphatic heterocycles. The standard InChI is InChI=1S/C18H15ClF3NO2/c1-23-8-7-13-14(17(23)24)3-2-4-16(13)25-10-11-5-6-12(9-15(11)19)18(20,21)22/h2-6,9H,7-8,10H2,1H3. The van der Waals surface area contributed by atoms with E-state index in [1.165, 1.54) is 6.07 Å². The maximum Gasteiger partial charge on any atom is 0.416 e. The summed E-state index contributed by atoms with van der Waals surface area (Å²) in [5.41, 5.74) is 1.05. The average Bonchev–Trinajstić information content (AvgIpc) is 2.56. The Labute approximate surface area is 148 Å². The first-order valence-corrected chi connectivity index (χ1v) is 8.01. The molecule has 0 bridgehead atoms. The highest BCUT2D eigenvalue weighted by molar-refractivity contribution is 6.31. The van der Waals surface area contributed by atoms with E-state index in [4.69, 9.17) is 16.3 Å². The first-order valence-electron chi connectivity index (χ1n) is 7.63. The van der Waals surface area contributed by atoms with Gasteiger partial charge in [-0.2, -0.15) is 13.2 Å². The van der Waals surface area contributed by atoms with Crippen LogP contribution in [-0.2, 0) is 19.2 Å². The van der Waals surface area contributed by atoms with Crippen LogP contribution < -0.4 is 4.74 Å². The first-order chi connectivity index (χ1) is 11.8. The van der Waals surface area contributed by atoms with Gasteiger partial charge in [0.15, 0.2) is 0 Å². The maximum absolute atomic E-state index is 12.7. The van der Waals surface area contributed by atoms with Gasteiger partial charge in [0.25, 0.3) is 5.91 Å². The second-order valence-electron chi connectivity index (χ2n) is 5.85. The summed E-state index contributed by atoms with van der Waals surface area (Å²) in [5, 5.41) is -0.00423. The normalized spacial score (nSPS) is 14.4. The van der Waals surface area contributed by atoms with Gasteiger partial charge in [0.05, 0.1) is 5.56 Å². The highest BCUT2D eigenvalue weighted by Gasteiger charge is 2.31. The fourth-order valence-corrected chi connectivity index (χ4v) is 2.98. The Morgan fingerprint density at radius 1 is 1.24 bits per heavy atom. The molecule has 25 heavy (non-hydrogen) atoms. The van der Waals surface area contributed by atoms with Gasteiger partial charge in [-0.25, -0.2) is 0 Å². The number of rotatable bonds is 3. The lowest BCUT2D eigenvalue weighted by Gasteiger charge is -2.26. The Kier molecular flexibility index (Phi) is 4.64. The molecule has 0 aliphatic carbocycles. The number of nitrogens with zero attached hydrogens (tertiary/aromatic N) is 1. The lowest BCUT2D eigenvalue weighted by Crippen LogP contribution is -2.34. The molecule has 3 nitrogen and oxygen atoms in total. The fourth-order valence-electron chi connectivity index (χ4n) is 2.74. The second kappa shape index (κ2) is 6.59. The number of hydrogen-bond donors (Lipinski definition) is 0. The Balaban J connectivity index is 1.80. The molecule has 1 aliphatic rings. The van der Waals surface area contributed by atoms with Crippen molar-refractivity contribution in [1.82, 2.24) is 4.90 Å². The number of carbonyl (C=O) groups is 1. The number of amides is 1. The Morgan fingerprint density at radius 2 is 2.00 bits per heavy atom. The number of carbonyl (C=O) groups excluding carboxylic acids is 1.